The Morgan fingerprint density at radius 2 is 2.10 bits per heavy atom. The van der Waals surface area contributed by atoms with Gasteiger partial charge in [0.05, 0.1) is 12.2 Å². The molecule has 5 heteroatoms. The fraction of sp³-hybridized carbons (Fsp3) is 0.312. The number of amides is 1. The lowest BCUT2D eigenvalue weighted by Crippen LogP contribution is -2.33. The Kier molecular flexibility index (Phi) is 3.02. The molecular weight excluding hydrogens is 264 g/mol. The van der Waals surface area contributed by atoms with E-state index in [1.807, 2.05) is 50.2 Å². The van der Waals surface area contributed by atoms with Crippen LogP contribution in [0.15, 0.2) is 36.5 Å². The molecule has 106 valence electrons. The number of hydrogen-bond acceptors (Lipinski definition) is 3. The van der Waals surface area contributed by atoms with Crippen LogP contribution in [-0.4, -0.2) is 15.9 Å². The van der Waals surface area contributed by atoms with Crippen LogP contribution in [0.3, 0.4) is 0 Å². The maximum Gasteiger partial charge on any atom is 0.235 e. The third kappa shape index (κ3) is 2.19. The second-order valence-corrected chi connectivity index (χ2v) is 5.92. The lowest BCUT2D eigenvalue weighted by atomic mass is 9.88. The summed E-state index contributed by atoms with van der Waals surface area (Å²) in [6.07, 6.45) is 2.18. The van der Waals surface area contributed by atoms with Crippen LogP contribution < -0.4 is 4.90 Å². The van der Waals surface area contributed by atoms with E-state index in [2.05, 4.69) is 9.97 Å². The molecular formula is C16H16N4O. The molecule has 3 rings (SSSR count). The van der Waals surface area contributed by atoms with Crippen LogP contribution in [-0.2, 0) is 4.79 Å². The van der Waals surface area contributed by atoms with Crippen LogP contribution in [0.2, 0.25) is 0 Å². The molecule has 1 saturated heterocycles. The molecule has 5 nitrogen and oxygen atoms in total. The van der Waals surface area contributed by atoms with Crippen molar-refractivity contribution < 1.29 is 4.79 Å². The molecule has 0 spiro atoms. The minimum absolute atomic E-state index is 0.0233. The maximum atomic E-state index is 12.7. The number of anilines is 1. The van der Waals surface area contributed by atoms with E-state index in [4.69, 9.17) is 5.26 Å². The topological polar surface area (TPSA) is 72.8 Å². The zero-order chi connectivity index (χ0) is 15.0. The average molecular weight is 280 g/mol. The van der Waals surface area contributed by atoms with Gasteiger partial charge in [-0.2, -0.15) is 5.26 Å². The number of carbonyl (C=O) groups excluding carboxylic acids is 1. The van der Waals surface area contributed by atoms with Gasteiger partial charge in [-0.1, -0.05) is 44.2 Å². The highest BCUT2D eigenvalue weighted by Gasteiger charge is 2.47. The number of H-pyrrole nitrogens is 1. The number of carbonyl (C=O) groups is 1. The number of rotatable bonds is 2. The van der Waals surface area contributed by atoms with E-state index < -0.39 is 5.41 Å². The minimum Gasteiger partial charge on any atom is -0.315 e. The van der Waals surface area contributed by atoms with Crippen LogP contribution >= 0.6 is 0 Å². The molecule has 1 aliphatic heterocycles. The summed E-state index contributed by atoms with van der Waals surface area (Å²) < 4.78 is 0. The molecule has 0 saturated carbocycles. The first-order valence-electron chi connectivity index (χ1n) is 6.86. The quantitative estimate of drug-likeness (QED) is 0.919. The van der Waals surface area contributed by atoms with Crippen LogP contribution in [0.25, 0.3) is 0 Å². The van der Waals surface area contributed by atoms with Gasteiger partial charge in [-0.05, 0) is 12.0 Å². The highest BCUT2D eigenvalue weighted by molar-refractivity contribution is 5.99. The molecule has 21 heavy (non-hydrogen) atoms. The molecule has 1 unspecified atom stereocenters. The molecule has 2 heterocycles. The predicted octanol–water partition coefficient (Wildman–Crippen LogP) is 2.79. The molecule has 0 bridgehead atoms. The number of hydrogen-bond donors (Lipinski definition) is 1. The molecule has 1 aromatic carbocycles. The maximum absolute atomic E-state index is 12.7. The number of aromatic amines is 1. The Hall–Kier alpha value is -2.61. The van der Waals surface area contributed by atoms with Crippen molar-refractivity contribution in [2.45, 2.75) is 26.3 Å². The third-order valence-electron chi connectivity index (χ3n) is 3.91. The van der Waals surface area contributed by atoms with Crippen molar-refractivity contribution in [3.8, 4) is 6.07 Å². The zero-order valence-electron chi connectivity index (χ0n) is 12.0. The molecule has 1 aliphatic rings. The van der Waals surface area contributed by atoms with Crippen molar-refractivity contribution in [1.82, 2.24) is 9.97 Å². The summed E-state index contributed by atoms with van der Waals surface area (Å²) in [7, 11) is 0. The first-order valence-corrected chi connectivity index (χ1v) is 6.86. The monoisotopic (exact) mass is 280 g/mol. The molecule has 1 fully saturated rings. The molecule has 2 aromatic rings. The van der Waals surface area contributed by atoms with E-state index in [1.54, 1.807) is 4.90 Å². The van der Waals surface area contributed by atoms with Gasteiger partial charge in [-0.25, -0.2) is 4.98 Å². The number of aromatic nitrogens is 2. The molecule has 1 aromatic heterocycles. The van der Waals surface area contributed by atoms with Crippen molar-refractivity contribution >= 4 is 11.9 Å². The first kappa shape index (κ1) is 13.4. The van der Waals surface area contributed by atoms with Gasteiger partial charge >= 0.3 is 0 Å². The Morgan fingerprint density at radius 1 is 1.38 bits per heavy atom. The van der Waals surface area contributed by atoms with Crippen molar-refractivity contribution in [2.24, 2.45) is 5.41 Å². The van der Waals surface area contributed by atoms with Crippen LogP contribution in [0.5, 0.6) is 0 Å². The Bertz CT molecular complexity index is 711. The summed E-state index contributed by atoms with van der Waals surface area (Å²) in [4.78, 5) is 21.5. The van der Waals surface area contributed by atoms with Gasteiger partial charge in [0.15, 0.2) is 0 Å². The number of nitrogens with one attached hydrogen (secondary N) is 1. The standard InChI is InChI=1S/C16H16N4O/c1-16(2)8-13(11-6-4-3-5-7-11)20(14(16)21)15-18-10-12(9-17)19-15/h3-7,10,13H,8H2,1-2H3,(H,18,19). The molecule has 1 atom stereocenters. The van der Waals surface area contributed by atoms with Gasteiger partial charge in [0.1, 0.15) is 11.8 Å². The van der Waals surface area contributed by atoms with Crippen molar-refractivity contribution in [1.29, 1.82) is 5.26 Å². The first-order chi connectivity index (χ1) is 10.0. The average Bonchev–Trinajstić information content (AvgIpc) is 3.04. The van der Waals surface area contributed by atoms with Gasteiger partial charge < -0.3 is 4.98 Å². The number of benzene rings is 1. The lowest BCUT2D eigenvalue weighted by molar-refractivity contribution is -0.124. The molecule has 0 aliphatic carbocycles. The summed E-state index contributed by atoms with van der Waals surface area (Å²) >= 11 is 0. The number of imidazole rings is 1. The largest absolute Gasteiger partial charge is 0.315 e. The number of nitriles is 1. The second kappa shape index (κ2) is 4.74. The summed E-state index contributed by atoms with van der Waals surface area (Å²) in [5.41, 5.74) is 0.987. The molecule has 0 radical (unpaired) electrons. The van der Waals surface area contributed by atoms with E-state index in [0.29, 0.717) is 11.6 Å². The highest BCUT2D eigenvalue weighted by atomic mass is 16.2. The van der Waals surface area contributed by atoms with Crippen LogP contribution in [0, 0.1) is 16.7 Å². The zero-order valence-corrected chi connectivity index (χ0v) is 12.0. The summed E-state index contributed by atoms with van der Waals surface area (Å²) in [6.45, 7) is 3.89. The molecule has 1 N–H and O–H groups in total. The minimum atomic E-state index is -0.444. The Balaban J connectivity index is 2.05. The predicted molar refractivity (Wildman–Crippen MR) is 78.4 cm³/mol. The van der Waals surface area contributed by atoms with Crippen molar-refractivity contribution in [2.75, 3.05) is 4.90 Å². The van der Waals surface area contributed by atoms with E-state index >= 15 is 0 Å². The third-order valence-corrected chi connectivity index (χ3v) is 3.91. The fourth-order valence-electron chi connectivity index (χ4n) is 2.81. The van der Waals surface area contributed by atoms with Crippen molar-refractivity contribution in [3.63, 3.8) is 0 Å². The van der Waals surface area contributed by atoms with E-state index in [9.17, 15) is 4.79 Å². The Morgan fingerprint density at radius 3 is 2.71 bits per heavy atom. The smallest absolute Gasteiger partial charge is 0.235 e. The van der Waals surface area contributed by atoms with Gasteiger partial charge in [-0.15, -0.1) is 0 Å². The normalized spacial score (nSPS) is 20.5. The summed E-state index contributed by atoms with van der Waals surface area (Å²) in [5.74, 6) is 0.464. The van der Waals surface area contributed by atoms with E-state index in [1.165, 1.54) is 6.20 Å². The van der Waals surface area contributed by atoms with Gasteiger partial charge in [0.2, 0.25) is 11.9 Å². The lowest BCUT2D eigenvalue weighted by Gasteiger charge is -2.22. The van der Waals surface area contributed by atoms with Gasteiger partial charge in [-0.3, -0.25) is 9.69 Å². The summed E-state index contributed by atoms with van der Waals surface area (Å²) in [5, 5.41) is 8.92. The highest BCUT2D eigenvalue weighted by Crippen LogP contribution is 2.45. The van der Waals surface area contributed by atoms with Crippen LogP contribution in [0.4, 0.5) is 5.95 Å². The second-order valence-electron chi connectivity index (χ2n) is 5.92. The van der Waals surface area contributed by atoms with Crippen LogP contribution in [0.1, 0.15) is 37.6 Å². The summed E-state index contributed by atoms with van der Waals surface area (Å²) in [6, 6.07) is 11.9. The number of nitrogens with zero attached hydrogens (tertiary/aromatic N) is 3. The van der Waals surface area contributed by atoms with Crippen molar-refractivity contribution in [3.05, 3.63) is 47.8 Å². The van der Waals surface area contributed by atoms with E-state index in [0.717, 1.165) is 12.0 Å². The molecule has 1 amide bonds. The van der Waals surface area contributed by atoms with E-state index in [-0.39, 0.29) is 11.9 Å². The van der Waals surface area contributed by atoms with Gasteiger partial charge in [0, 0.05) is 5.41 Å². The fourth-order valence-corrected chi connectivity index (χ4v) is 2.81. The van der Waals surface area contributed by atoms with Gasteiger partial charge in [0.25, 0.3) is 0 Å². The SMILES string of the molecule is CC1(C)CC(c2ccccc2)N(c2ncc(C#N)[nH]2)C1=O. The Labute approximate surface area is 123 Å².